The number of urea groups is 1. The minimum atomic E-state index is -0.497. The number of aliphatic hydroxyl groups excluding tert-OH is 1. The summed E-state index contributed by atoms with van der Waals surface area (Å²) in [5.74, 6) is 0.705. The molecule has 0 saturated heterocycles. The van der Waals surface area contributed by atoms with Gasteiger partial charge in [-0.3, -0.25) is 10.4 Å². The molecule has 0 spiro atoms. The molecular weight excluding hydrogens is 296 g/mol. The number of nitrogens with two attached hydrogens (primary N) is 1. The number of hydrogen-bond donors (Lipinski definition) is 5. The van der Waals surface area contributed by atoms with E-state index in [0.29, 0.717) is 22.5 Å². The first-order chi connectivity index (χ1) is 11.2. The molecule has 3 aromatic rings. The van der Waals surface area contributed by atoms with Crippen molar-refractivity contribution in [3.05, 3.63) is 48.2 Å². The van der Waals surface area contributed by atoms with Crippen LogP contribution in [0.4, 0.5) is 16.4 Å². The first-order valence-electron chi connectivity index (χ1n) is 7.00. The maximum absolute atomic E-state index is 12.1. The topological polar surface area (TPSA) is 129 Å². The molecule has 2 heterocycles. The van der Waals surface area contributed by atoms with Crippen LogP contribution in [0.5, 0.6) is 0 Å². The number of anilines is 2. The van der Waals surface area contributed by atoms with Crippen LogP contribution in [-0.2, 0) is 0 Å². The van der Waals surface area contributed by atoms with Crippen LogP contribution in [0.1, 0.15) is 11.6 Å². The minimum absolute atomic E-state index is 0.207. The third-order valence-electron chi connectivity index (χ3n) is 3.41. The Bertz CT molecular complexity index is 817. The summed E-state index contributed by atoms with van der Waals surface area (Å²) in [5.41, 5.74) is 7.16. The van der Waals surface area contributed by atoms with E-state index in [9.17, 15) is 9.90 Å². The maximum atomic E-state index is 12.1. The average Bonchev–Trinajstić information content (AvgIpc) is 2.94. The number of H-pyrrole nitrogens is 1. The van der Waals surface area contributed by atoms with Crippen molar-refractivity contribution >= 4 is 28.6 Å². The Morgan fingerprint density at radius 2 is 2.13 bits per heavy atom. The molecule has 1 aromatic carbocycles. The van der Waals surface area contributed by atoms with Gasteiger partial charge in [0.05, 0.1) is 23.6 Å². The lowest BCUT2D eigenvalue weighted by molar-refractivity contribution is 0.225. The smallest absolute Gasteiger partial charge is 0.320 e. The van der Waals surface area contributed by atoms with Gasteiger partial charge in [0.1, 0.15) is 5.82 Å². The van der Waals surface area contributed by atoms with Gasteiger partial charge < -0.3 is 16.2 Å². The predicted octanol–water partition coefficient (Wildman–Crippen LogP) is 1.40. The predicted molar refractivity (Wildman–Crippen MR) is 86.7 cm³/mol. The zero-order chi connectivity index (χ0) is 16.2. The Hall–Kier alpha value is -3.13. The van der Waals surface area contributed by atoms with Crippen molar-refractivity contribution in [3.63, 3.8) is 0 Å². The largest absolute Gasteiger partial charge is 0.394 e. The lowest BCUT2D eigenvalue weighted by atomic mass is 10.1. The number of pyridine rings is 1. The van der Waals surface area contributed by atoms with E-state index in [1.165, 1.54) is 6.20 Å². The number of fused-ring (bicyclic) bond motifs is 1. The molecule has 0 aliphatic carbocycles. The van der Waals surface area contributed by atoms with E-state index in [0.717, 1.165) is 5.56 Å². The average molecular weight is 312 g/mol. The summed E-state index contributed by atoms with van der Waals surface area (Å²) >= 11 is 0. The zero-order valence-electron chi connectivity index (χ0n) is 12.2. The summed E-state index contributed by atoms with van der Waals surface area (Å²) in [4.78, 5) is 16.2. The summed E-state index contributed by atoms with van der Waals surface area (Å²) in [6.07, 6.45) is 1.53. The molecule has 0 aliphatic heterocycles. The molecule has 3 rings (SSSR count). The Balaban J connectivity index is 1.70. The lowest BCUT2D eigenvalue weighted by Gasteiger charge is -2.17. The highest BCUT2D eigenvalue weighted by Gasteiger charge is 2.14. The van der Waals surface area contributed by atoms with Crippen molar-refractivity contribution in [2.75, 3.05) is 17.7 Å². The lowest BCUT2D eigenvalue weighted by Crippen LogP contribution is -2.34. The van der Waals surface area contributed by atoms with Crippen LogP contribution in [0, 0.1) is 0 Å². The van der Waals surface area contributed by atoms with Gasteiger partial charge in [-0.2, -0.15) is 5.10 Å². The van der Waals surface area contributed by atoms with Crippen LogP contribution in [0.25, 0.3) is 10.9 Å². The van der Waals surface area contributed by atoms with E-state index in [2.05, 4.69) is 25.8 Å². The molecule has 8 heteroatoms. The quantitative estimate of drug-likeness (QED) is 0.497. The number of aromatic amines is 1. The van der Waals surface area contributed by atoms with Crippen molar-refractivity contribution in [1.82, 2.24) is 20.5 Å². The van der Waals surface area contributed by atoms with E-state index < -0.39 is 12.1 Å². The van der Waals surface area contributed by atoms with Gasteiger partial charge in [-0.15, -0.1) is 0 Å². The van der Waals surface area contributed by atoms with Gasteiger partial charge in [-0.05, 0) is 5.56 Å². The van der Waals surface area contributed by atoms with Crippen molar-refractivity contribution < 1.29 is 9.90 Å². The van der Waals surface area contributed by atoms with Gasteiger partial charge in [-0.1, -0.05) is 30.3 Å². The van der Waals surface area contributed by atoms with E-state index in [4.69, 9.17) is 5.73 Å². The molecule has 0 fully saturated rings. The van der Waals surface area contributed by atoms with E-state index in [1.807, 2.05) is 30.3 Å². The third kappa shape index (κ3) is 3.22. The number of amides is 2. The summed E-state index contributed by atoms with van der Waals surface area (Å²) < 4.78 is 0. The number of aliphatic hydroxyl groups is 1. The molecule has 2 amide bonds. The first-order valence-corrected chi connectivity index (χ1v) is 7.00. The van der Waals surface area contributed by atoms with Crippen molar-refractivity contribution in [1.29, 1.82) is 0 Å². The summed E-state index contributed by atoms with van der Waals surface area (Å²) in [5, 5.41) is 22.1. The SMILES string of the molecule is Nc1n[nH]c2cc(NC(=O)NC(CO)c3ccccc3)ncc12. The molecule has 23 heavy (non-hydrogen) atoms. The highest BCUT2D eigenvalue weighted by atomic mass is 16.3. The van der Waals surface area contributed by atoms with Gasteiger partial charge >= 0.3 is 6.03 Å². The number of rotatable bonds is 4. The molecule has 0 aliphatic rings. The van der Waals surface area contributed by atoms with E-state index in [-0.39, 0.29) is 6.61 Å². The molecule has 1 unspecified atom stereocenters. The molecule has 2 aromatic heterocycles. The molecule has 0 saturated carbocycles. The van der Waals surface area contributed by atoms with Crippen molar-refractivity contribution in [2.24, 2.45) is 0 Å². The number of nitrogens with zero attached hydrogens (tertiary/aromatic N) is 2. The fourth-order valence-electron chi connectivity index (χ4n) is 2.23. The Morgan fingerprint density at radius 3 is 2.87 bits per heavy atom. The zero-order valence-corrected chi connectivity index (χ0v) is 12.2. The third-order valence-corrected chi connectivity index (χ3v) is 3.41. The summed E-state index contributed by atoms with van der Waals surface area (Å²) in [7, 11) is 0. The molecule has 118 valence electrons. The molecular formula is C15H16N6O2. The van der Waals surface area contributed by atoms with Gasteiger partial charge in [-0.25, -0.2) is 9.78 Å². The Labute approximate surface area is 131 Å². The number of carbonyl (C=O) groups is 1. The van der Waals surface area contributed by atoms with Gasteiger partial charge in [0.15, 0.2) is 5.82 Å². The standard InChI is InChI=1S/C15H16N6O2/c16-14-10-7-17-13(6-11(10)20-21-14)19-15(23)18-12(8-22)9-4-2-1-3-5-9/h1-7,12,22H,8H2,(H3,16,20,21)(H2,17,18,19,23). The fourth-order valence-corrected chi connectivity index (χ4v) is 2.23. The molecule has 6 N–H and O–H groups in total. The van der Waals surface area contributed by atoms with Crippen LogP contribution < -0.4 is 16.4 Å². The fraction of sp³-hybridized carbons (Fsp3) is 0.133. The second-order valence-corrected chi connectivity index (χ2v) is 4.97. The number of benzene rings is 1. The van der Waals surface area contributed by atoms with Gasteiger partial charge in [0.2, 0.25) is 0 Å². The monoisotopic (exact) mass is 312 g/mol. The highest BCUT2D eigenvalue weighted by molar-refractivity contribution is 5.93. The molecule has 8 nitrogen and oxygen atoms in total. The second-order valence-electron chi connectivity index (χ2n) is 4.97. The maximum Gasteiger partial charge on any atom is 0.320 e. The number of nitrogens with one attached hydrogen (secondary N) is 3. The van der Waals surface area contributed by atoms with Crippen molar-refractivity contribution in [2.45, 2.75) is 6.04 Å². The Morgan fingerprint density at radius 1 is 1.35 bits per heavy atom. The van der Waals surface area contributed by atoms with Crippen molar-refractivity contribution in [3.8, 4) is 0 Å². The number of carbonyl (C=O) groups excluding carboxylic acids is 1. The number of aromatic nitrogens is 3. The van der Waals surface area contributed by atoms with Crippen LogP contribution in [0.3, 0.4) is 0 Å². The van der Waals surface area contributed by atoms with Crippen LogP contribution in [-0.4, -0.2) is 32.9 Å². The van der Waals surface area contributed by atoms with Crippen LogP contribution in [0.2, 0.25) is 0 Å². The van der Waals surface area contributed by atoms with Crippen LogP contribution >= 0.6 is 0 Å². The highest BCUT2D eigenvalue weighted by Crippen LogP contribution is 2.19. The minimum Gasteiger partial charge on any atom is -0.394 e. The van der Waals surface area contributed by atoms with Crippen LogP contribution in [0.15, 0.2) is 42.6 Å². The Kier molecular flexibility index (Phi) is 4.07. The normalized spacial score (nSPS) is 12.0. The second kappa shape index (κ2) is 6.32. The van der Waals surface area contributed by atoms with Gasteiger partial charge in [0, 0.05) is 12.3 Å². The van der Waals surface area contributed by atoms with E-state index >= 15 is 0 Å². The number of nitrogen functional groups attached to an aromatic ring is 1. The summed E-state index contributed by atoms with van der Waals surface area (Å²) in [6, 6.07) is 9.89. The summed E-state index contributed by atoms with van der Waals surface area (Å²) in [6.45, 7) is -0.207. The van der Waals surface area contributed by atoms with Gasteiger partial charge in [0.25, 0.3) is 0 Å². The molecule has 0 radical (unpaired) electrons. The van der Waals surface area contributed by atoms with E-state index in [1.54, 1.807) is 6.07 Å². The first kappa shape index (κ1) is 14.8. The number of hydrogen-bond acceptors (Lipinski definition) is 5. The molecule has 1 atom stereocenters. The molecule has 0 bridgehead atoms.